The van der Waals surface area contributed by atoms with E-state index < -0.39 is 0 Å². The molecule has 23 heavy (non-hydrogen) atoms. The van der Waals surface area contributed by atoms with E-state index in [4.69, 9.17) is 4.74 Å². The monoisotopic (exact) mass is 306 g/mol. The van der Waals surface area contributed by atoms with Crippen LogP contribution in [0.15, 0.2) is 61.2 Å². The van der Waals surface area contributed by atoms with Gasteiger partial charge in [0.25, 0.3) is 0 Å². The van der Waals surface area contributed by atoms with Crippen molar-refractivity contribution in [3.63, 3.8) is 0 Å². The molecule has 0 saturated carbocycles. The maximum atomic E-state index is 12.0. The number of benzene rings is 2. The number of aromatic nitrogens is 2. The number of fused-ring (bicyclic) bond motifs is 1. The molecule has 0 saturated heterocycles. The van der Waals surface area contributed by atoms with E-state index in [0.717, 1.165) is 22.4 Å². The Morgan fingerprint density at radius 3 is 2.70 bits per heavy atom. The van der Waals surface area contributed by atoms with Crippen LogP contribution in [0, 0.1) is 6.92 Å². The SMILES string of the molecule is C=CCOC(=O)Cn1c(-c2ccc(C)cc2)nc2ccccc21. The molecule has 0 radical (unpaired) electrons. The molecule has 0 fully saturated rings. The van der Waals surface area contributed by atoms with Gasteiger partial charge < -0.3 is 9.30 Å². The van der Waals surface area contributed by atoms with Crippen molar-refractivity contribution < 1.29 is 9.53 Å². The first kappa shape index (κ1) is 15.0. The number of nitrogens with zero attached hydrogens (tertiary/aromatic N) is 2. The van der Waals surface area contributed by atoms with Gasteiger partial charge in [-0.3, -0.25) is 4.79 Å². The number of esters is 1. The first-order valence-corrected chi connectivity index (χ1v) is 7.48. The van der Waals surface area contributed by atoms with Crippen molar-refractivity contribution in [2.75, 3.05) is 6.61 Å². The second-order valence-electron chi connectivity index (χ2n) is 5.35. The molecule has 0 aliphatic heterocycles. The standard InChI is InChI=1S/C19H18N2O2/c1-3-12-23-18(22)13-21-17-7-5-4-6-16(17)20-19(21)15-10-8-14(2)9-11-15/h3-11H,1,12-13H2,2H3. The van der Waals surface area contributed by atoms with Crippen LogP contribution in [0.4, 0.5) is 0 Å². The Morgan fingerprint density at radius 2 is 1.96 bits per heavy atom. The van der Waals surface area contributed by atoms with Crippen LogP contribution in [0.3, 0.4) is 0 Å². The molecular formula is C19H18N2O2. The third kappa shape index (κ3) is 3.16. The fraction of sp³-hybridized carbons (Fsp3) is 0.158. The molecule has 0 aliphatic rings. The summed E-state index contributed by atoms with van der Waals surface area (Å²) in [6, 6.07) is 15.9. The summed E-state index contributed by atoms with van der Waals surface area (Å²) in [7, 11) is 0. The molecule has 0 amide bonds. The molecule has 0 atom stereocenters. The lowest BCUT2D eigenvalue weighted by Crippen LogP contribution is -2.14. The average Bonchev–Trinajstić information content (AvgIpc) is 2.92. The van der Waals surface area contributed by atoms with Crippen molar-refractivity contribution in [1.29, 1.82) is 0 Å². The normalized spacial score (nSPS) is 10.7. The third-order valence-electron chi connectivity index (χ3n) is 3.61. The highest BCUT2D eigenvalue weighted by Crippen LogP contribution is 2.25. The van der Waals surface area contributed by atoms with Crippen LogP contribution in [0.25, 0.3) is 22.4 Å². The first-order valence-electron chi connectivity index (χ1n) is 7.48. The lowest BCUT2D eigenvalue weighted by Gasteiger charge is -2.09. The molecule has 1 aromatic heterocycles. The Morgan fingerprint density at radius 1 is 1.22 bits per heavy atom. The quantitative estimate of drug-likeness (QED) is 0.533. The maximum absolute atomic E-state index is 12.0. The van der Waals surface area contributed by atoms with Crippen LogP contribution in [0.2, 0.25) is 0 Å². The molecular weight excluding hydrogens is 288 g/mol. The van der Waals surface area contributed by atoms with E-state index in [1.807, 2.05) is 60.0 Å². The van der Waals surface area contributed by atoms with Gasteiger partial charge >= 0.3 is 5.97 Å². The van der Waals surface area contributed by atoms with Crippen molar-refractivity contribution in [3.8, 4) is 11.4 Å². The van der Waals surface area contributed by atoms with Crippen LogP contribution >= 0.6 is 0 Å². The Hall–Kier alpha value is -2.88. The van der Waals surface area contributed by atoms with Gasteiger partial charge in [-0.05, 0) is 19.1 Å². The number of aryl methyl sites for hydroxylation is 1. The Balaban J connectivity index is 2.05. The molecule has 0 aliphatic carbocycles. The fourth-order valence-corrected chi connectivity index (χ4v) is 2.49. The topological polar surface area (TPSA) is 44.1 Å². The predicted octanol–water partition coefficient (Wildman–Crippen LogP) is 3.74. The van der Waals surface area contributed by atoms with Crippen LogP contribution in [-0.2, 0) is 16.1 Å². The Bertz CT molecular complexity index is 847. The number of hydrogen-bond acceptors (Lipinski definition) is 3. The van der Waals surface area contributed by atoms with Crippen molar-refractivity contribution in [2.45, 2.75) is 13.5 Å². The number of hydrogen-bond donors (Lipinski definition) is 0. The van der Waals surface area contributed by atoms with Gasteiger partial charge in [-0.2, -0.15) is 0 Å². The third-order valence-corrected chi connectivity index (χ3v) is 3.61. The molecule has 1 heterocycles. The molecule has 2 aromatic carbocycles. The van der Waals surface area contributed by atoms with Crippen LogP contribution in [-0.4, -0.2) is 22.1 Å². The summed E-state index contributed by atoms with van der Waals surface area (Å²) >= 11 is 0. The number of ether oxygens (including phenoxy) is 1. The zero-order chi connectivity index (χ0) is 16.2. The smallest absolute Gasteiger partial charge is 0.326 e. The molecule has 0 bridgehead atoms. The summed E-state index contributed by atoms with van der Waals surface area (Å²) < 4.78 is 7.01. The van der Waals surface area contributed by atoms with E-state index in [2.05, 4.69) is 11.6 Å². The van der Waals surface area contributed by atoms with E-state index in [1.54, 1.807) is 6.08 Å². The zero-order valence-corrected chi connectivity index (χ0v) is 13.0. The van der Waals surface area contributed by atoms with Crippen molar-refractivity contribution >= 4 is 17.0 Å². The second-order valence-corrected chi connectivity index (χ2v) is 5.35. The van der Waals surface area contributed by atoms with E-state index in [1.165, 1.54) is 5.56 Å². The molecule has 3 rings (SSSR count). The van der Waals surface area contributed by atoms with Gasteiger partial charge in [-0.15, -0.1) is 0 Å². The van der Waals surface area contributed by atoms with Gasteiger partial charge in [-0.1, -0.05) is 54.6 Å². The van der Waals surface area contributed by atoms with Gasteiger partial charge in [0.05, 0.1) is 11.0 Å². The molecule has 3 aromatic rings. The van der Waals surface area contributed by atoms with E-state index >= 15 is 0 Å². The molecule has 4 heteroatoms. The number of rotatable bonds is 5. The lowest BCUT2D eigenvalue weighted by molar-refractivity contribution is -0.142. The molecule has 0 unspecified atom stereocenters. The van der Waals surface area contributed by atoms with E-state index in [-0.39, 0.29) is 19.1 Å². The number of carbonyl (C=O) groups excluding carboxylic acids is 1. The van der Waals surface area contributed by atoms with E-state index in [9.17, 15) is 4.79 Å². The fourth-order valence-electron chi connectivity index (χ4n) is 2.49. The highest BCUT2D eigenvalue weighted by Gasteiger charge is 2.15. The Kier molecular flexibility index (Phi) is 4.24. The second kappa shape index (κ2) is 6.48. The van der Waals surface area contributed by atoms with Crippen LogP contribution < -0.4 is 0 Å². The van der Waals surface area contributed by atoms with E-state index in [0.29, 0.717) is 0 Å². The van der Waals surface area contributed by atoms with Crippen molar-refractivity contribution in [1.82, 2.24) is 9.55 Å². The minimum absolute atomic E-state index is 0.123. The largest absolute Gasteiger partial charge is 0.460 e. The van der Waals surface area contributed by atoms with Crippen LogP contribution in [0.1, 0.15) is 5.56 Å². The molecule has 116 valence electrons. The number of imidazole rings is 1. The summed E-state index contributed by atoms with van der Waals surface area (Å²) in [6.45, 7) is 5.93. The highest BCUT2D eigenvalue weighted by atomic mass is 16.5. The Labute approximate surface area is 135 Å². The van der Waals surface area contributed by atoms with Crippen molar-refractivity contribution in [2.24, 2.45) is 0 Å². The number of para-hydroxylation sites is 2. The molecule has 0 spiro atoms. The summed E-state index contributed by atoms with van der Waals surface area (Å²) in [5.41, 5.74) is 3.93. The van der Waals surface area contributed by atoms with Gasteiger partial charge in [-0.25, -0.2) is 4.98 Å². The zero-order valence-electron chi connectivity index (χ0n) is 13.0. The van der Waals surface area contributed by atoms with Gasteiger partial charge in [0.2, 0.25) is 0 Å². The molecule has 4 nitrogen and oxygen atoms in total. The highest BCUT2D eigenvalue weighted by molar-refractivity contribution is 5.83. The van der Waals surface area contributed by atoms with Crippen LogP contribution in [0.5, 0.6) is 0 Å². The summed E-state index contributed by atoms with van der Waals surface area (Å²) in [5.74, 6) is 0.461. The first-order chi connectivity index (χ1) is 11.2. The lowest BCUT2D eigenvalue weighted by atomic mass is 10.1. The summed E-state index contributed by atoms with van der Waals surface area (Å²) in [4.78, 5) is 16.7. The number of carbonyl (C=O) groups is 1. The minimum atomic E-state index is -0.304. The molecule has 0 N–H and O–H groups in total. The average molecular weight is 306 g/mol. The predicted molar refractivity (Wildman–Crippen MR) is 91.1 cm³/mol. The van der Waals surface area contributed by atoms with Crippen molar-refractivity contribution in [3.05, 3.63) is 66.7 Å². The van der Waals surface area contributed by atoms with Gasteiger partial charge in [0.1, 0.15) is 19.0 Å². The summed E-state index contributed by atoms with van der Waals surface area (Å²) in [5, 5.41) is 0. The minimum Gasteiger partial charge on any atom is -0.460 e. The summed E-state index contributed by atoms with van der Waals surface area (Å²) in [6.07, 6.45) is 1.56. The van der Waals surface area contributed by atoms with Gasteiger partial charge in [0.15, 0.2) is 0 Å². The maximum Gasteiger partial charge on any atom is 0.326 e. The van der Waals surface area contributed by atoms with Gasteiger partial charge in [0, 0.05) is 5.56 Å².